The molecule has 1 aromatic heterocycles. The van der Waals surface area contributed by atoms with Gasteiger partial charge in [-0.3, -0.25) is 0 Å². The Morgan fingerprint density at radius 3 is 2.94 bits per heavy atom. The van der Waals surface area contributed by atoms with Crippen molar-refractivity contribution in [3.63, 3.8) is 0 Å². The van der Waals surface area contributed by atoms with Crippen LogP contribution in [-0.2, 0) is 0 Å². The quantitative estimate of drug-likeness (QED) is 0.486. The van der Waals surface area contributed by atoms with E-state index in [0.717, 1.165) is 32.6 Å². The Balaban J connectivity index is 2.15. The minimum absolute atomic E-state index is 0.851. The van der Waals surface area contributed by atoms with Crippen molar-refractivity contribution >= 4 is 26.8 Å². The molecule has 88 valence electrons. The molecule has 0 spiro atoms. The number of nitrogens with zero attached hydrogens (tertiary/aromatic N) is 2. The van der Waals surface area contributed by atoms with Gasteiger partial charge in [0.15, 0.2) is 11.5 Å². The van der Waals surface area contributed by atoms with Gasteiger partial charge in [-0.15, -0.1) is 0 Å². The van der Waals surface area contributed by atoms with Crippen LogP contribution in [0.2, 0.25) is 0 Å². The molecule has 0 radical (unpaired) electrons. The van der Waals surface area contributed by atoms with Gasteiger partial charge in [0.1, 0.15) is 11.2 Å². The summed E-state index contributed by atoms with van der Waals surface area (Å²) in [5.41, 5.74) is 3.18. The van der Waals surface area contributed by atoms with Gasteiger partial charge in [-0.2, -0.15) is 5.10 Å². The summed E-state index contributed by atoms with van der Waals surface area (Å²) in [7, 11) is 0. The minimum atomic E-state index is 0.851. The van der Waals surface area contributed by atoms with Crippen LogP contribution in [0.4, 0.5) is 0 Å². The smallest absolute Gasteiger partial charge is 0.153 e. The van der Waals surface area contributed by atoms with Crippen LogP contribution in [0, 0.1) is 6.92 Å². The lowest BCUT2D eigenvalue weighted by Crippen LogP contribution is -2.05. The number of ether oxygens (including phenoxy) is 1. The zero-order chi connectivity index (χ0) is 12.3. The van der Waals surface area contributed by atoms with E-state index in [0.29, 0.717) is 0 Å². The second-order valence-electron chi connectivity index (χ2n) is 4.44. The van der Waals surface area contributed by atoms with Crippen molar-refractivity contribution in [2.24, 2.45) is 0 Å². The second-order valence-corrected chi connectivity index (χ2v) is 5.29. The Morgan fingerprint density at radius 1 is 1.17 bits per heavy atom. The highest BCUT2D eigenvalue weighted by molar-refractivity contribution is 9.10. The number of halogens is 1. The van der Waals surface area contributed by atoms with Crippen LogP contribution in [0.15, 0.2) is 41.0 Å². The number of hydrogen-bond donors (Lipinski definition) is 0. The van der Waals surface area contributed by atoms with E-state index in [1.807, 2.05) is 35.1 Å². The van der Waals surface area contributed by atoms with E-state index in [2.05, 4.69) is 34.0 Å². The molecule has 0 aliphatic carbocycles. The lowest BCUT2D eigenvalue weighted by atomic mass is 10.1. The maximum absolute atomic E-state index is 5.96. The fraction of sp³-hybridized carbons (Fsp3) is 0.0714. The average molecular weight is 301 g/mol. The third kappa shape index (κ3) is 1.21. The van der Waals surface area contributed by atoms with Crippen LogP contribution >= 0.6 is 15.9 Å². The molecule has 4 heteroatoms. The summed E-state index contributed by atoms with van der Waals surface area (Å²) in [6.45, 7) is 2.05. The highest BCUT2D eigenvalue weighted by Crippen LogP contribution is 2.42. The van der Waals surface area contributed by atoms with E-state index in [1.165, 1.54) is 5.56 Å². The van der Waals surface area contributed by atoms with Crippen molar-refractivity contribution < 1.29 is 4.74 Å². The molecule has 0 atom stereocenters. The molecular weight excluding hydrogens is 292 g/mol. The zero-order valence-corrected chi connectivity index (χ0v) is 11.2. The average Bonchev–Trinajstić information content (AvgIpc) is 2.80. The van der Waals surface area contributed by atoms with Gasteiger partial charge >= 0.3 is 0 Å². The molecule has 0 saturated heterocycles. The Kier molecular flexibility index (Phi) is 1.89. The summed E-state index contributed by atoms with van der Waals surface area (Å²) in [6.07, 6.45) is 1.86. The molecule has 3 aromatic rings. The van der Waals surface area contributed by atoms with Gasteiger partial charge in [-0.25, -0.2) is 4.68 Å². The molecule has 4 rings (SSSR count). The molecule has 2 heterocycles. The highest BCUT2D eigenvalue weighted by atomic mass is 79.9. The van der Waals surface area contributed by atoms with Crippen molar-refractivity contribution in [3.05, 3.63) is 46.6 Å². The molecule has 1 aliphatic heterocycles. The lowest BCUT2D eigenvalue weighted by Gasteiger charge is -2.19. The van der Waals surface area contributed by atoms with Gasteiger partial charge in [-0.05, 0) is 36.8 Å². The van der Waals surface area contributed by atoms with Crippen molar-refractivity contribution in [3.8, 4) is 17.2 Å². The second kappa shape index (κ2) is 3.36. The molecule has 2 aromatic carbocycles. The van der Waals surface area contributed by atoms with Crippen LogP contribution < -0.4 is 4.74 Å². The first-order valence-electron chi connectivity index (χ1n) is 5.69. The van der Waals surface area contributed by atoms with Crippen LogP contribution in [0.5, 0.6) is 11.5 Å². The minimum Gasteiger partial charge on any atom is -0.453 e. The summed E-state index contributed by atoms with van der Waals surface area (Å²) in [5, 5.41) is 5.53. The van der Waals surface area contributed by atoms with Crippen molar-refractivity contribution in [1.29, 1.82) is 0 Å². The molecule has 0 unspecified atom stereocenters. The van der Waals surface area contributed by atoms with Crippen LogP contribution in [-0.4, -0.2) is 9.78 Å². The molecule has 3 nitrogen and oxygen atoms in total. The fourth-order valence-corrected chi connectivity index (χ4v) is 2.76. The van der Waals surface area contributed by atoms with Crippen molar-refractivity contribution in [2.45, 2.75) is 6.92 Å². The summed E-state index contributed by atoms with van der Waals surface area (Å²) in [4.78, 5) is 0. The molecule has 0 fully saturated rings. The largest absolute Gasteiger partial charge is 0.453 e. The molecule has 0 saturated carbocycles. The molecule has 0 N–H and O–H groups in total. The van der Waals surface area contributed by atoms with E-state index in [1.54, 1.807) is 0 Å². The summed E-state index contributed by atoms with van der Waals surface area (Å²) >= 11 is 3.54. The lowest BCUT2D eigenvalue weighted by molar-refractivity contribution is 0.471. The molecular formula is C14H9BrN2O. The van der Waals surface area contributed by atoms with E-state index < -0.39 is 0 Å². The van der Waals surface area contributed by atoms with Gasteiger partial charge in [-0.1, -0.05) is 22.0 Å². The standard InChI is InChI=1S/C14H9BrN2O/c1-8-2-4-11-13(6-8)18-12-5-3-10(15)9-7-16-17(11)14(9)12/h2-7H,1H3. The first-order chi connectivity index (χ1) is 8.74. The van der Waals surface area contributed by atoms with Crippen LogP contribution in [0.3, 0.4) is 0 Å². The van der Waals surface area contributed by atoms with Gasteiger partial charge in [0.2, 0.25) is 0 Å². The monoisotopic (exact) mass is 300 g/mol. The zero-order valence-electron chi connectivity index (χ0n) is 9.64. The van der Waals surface area contributed by atoms with Gasteiger partial charge in [0, 0.05) is 9.86 Å². The molecule has 18 heavy (non-hydrogen) atoms. The number of benzene rings is 2. The van der Waals surface area contributed by atoms with Gasteiger partial charge in [0.25, 0.3) is 0 Å². The summed E-state index contributed by atoms with van der Waals surface area (Å²) in [5.74, 6) is 1.71. The first kappa shape index (κ1) is 10.1. The predicted molar refractivity (Wildman–Crippen MR) is 73.6 cm³/mol. The number of aryl methyl sites for hydroxylation is 1. The van der Waals surface area contributed by atoms with Gasteiger partial charge in [0.05, 0.1) is 6.20 Å². The van der Waals surface area contributed by atoms with E-state index in [4.69, 9.17) is 4.74 Å². The van der Waals surface area contributed by atoms with Crippen molar-refractivity contribution in [2.75, 3.05) is 0 Å². The van der Waals surface area contributed by atoms with Crippen LogP contribution in [0.25, 0.3) is 16.6 Å². The highest BCUT2D eigenvalue weighted by Gasteiger charge is 2.21. The number of aromatic nitrogens is 2. The third-order valence-electron chi connectivity index (χ3n) is 3.20. The Morgan fingerprint density at radius 2 is 2.06 bits per heavy atom. The topological polar surface area (TPSA) is 27.1 Å². The number of fused-ring (bicyclic) bond motifs is 2. The first-order valence-corrected chi connectivity index (χ1v) is 6.48. The SMILES string of the molecule is Cc1ccc2c(c1)Oc1ccc(Br)c3cnn-2c13. The summed E-state index contributed by atoms with van der Waals surface area (Å²) in [6, 6.07) is 10.1. The molecule has 1 aliphatic rings. The Labute approximate surface area is 112 Å². The van der Waals surface area contributed by atoms with Gasteiger partial charge < -0.3 is 4.74 Å². The number of rotatable bonds is 0. The Hall–Kier alpha value is -1.81. The van der Waals surface area contributed by atoms with Crippen molar-refractivity contribution in [1.82, 2.24) is 9.78 Å². The Bertz CT molecular complexity index is 792. The van der Waals surface area contributed by atoms with Crippen LogP contribution in [0.1, 0.15) is 5.56 Å². The predicted octanol–water partition coefficient (Wildman–Crippen LogP) is 4.20. The maximum Gasteiger partial charge on any atom is 0.153 e. The fourth-order valence-electron chi connectivity index (χ4n) is 2.34. The molecule has 0 amide bonds. The molecule has 0 bridgehead atoms. The summed E-state index contributed by atoms with van der Waals surface area (Å²) < 4.78 is 8.93. The number of hydrogen-bond acceptors (Lipinski definition) is 2. The normalized spacial score (nSPS) is 12.3. The van der Waals surface area contributed by atoms with E-state index >= 15 is 0 Å². The third-order valence-corrected chi connectivity index (χ3v) is 3.90. The maximum atomic E-state index is 5.96. The van der Waals surface area contributed by atoms with E-state index in [9.17, 15) is 0 Å². The van der Waals surface area contributed by atoms with E-state index in [-0.39, 0.29) is 0 Å².